The Bertz CT molecular complexity index is 2440. The van der Waals surface area contributed by atoms with Gasteiger partial charge in [-0.3, -0.25) is 19.3 Å². The van der Waals surface area contributed by atoms with Gasteiger partial charge < -0.3 is 34.8 Å². The number of piperazine rings is 1. The Morgan fingerprint density at radius 3 is 2.25 bits per heavy atom. The topological polar surface area (TPSA) is 158 Å². The molecule has 0 aliphatic carbocycles. The van der Waals surface area contributed by atoms with E-state index in [1.165, 1.54) is 0 Å². The highest BCUT2D eigenvalue weighted by Crippen LogP contribution is 2.66. The van der Waals surface area contributed by atoms with Crippen LogP contribution in [-0.2, 0) is 24.5 Å². The third-order valence-corrected chi connectivity index (χ3v) is 12.0. The molecule has 3 N–H and O–H groups in total. The number of aliphatic hydroxyl groups excluding tert-OH is 2. The van der Waals surface area contributed by atoms with Crippen molar-refractivity contribution in [1.82, 2.24) is 19.8 Å². The van der Waals surface area contributed by atoms with E-state index in [4.69, 9.17) is 9.47 Å². The average molecular weight is 805 g/mol. The third kappa shape index (κ3) is 6.63. The largest absolute Gasteiger partial charge is 0.491 e. The van der Waals surface area contributed by atoms with Gasteiger partial charge in [-0.2, -0.15) is 0 Å². The number of morpholine rings is 1. The van der Waals surface area contributed by atoms with Crippen molar-refractivity contribution in [2.24, 2.45) is 5.92 Å². The summed E-state index contributed by atoms with van der Waals surface area (Å²) in [6.45, 7) is 1.06. The monoisotopic (exact) mass is 804 g/mol. The molecule has 5 aromatic rings. The minimum Gasteiger partial charge on any atom is -0.491 e. The highest BCUT2D eigenvalue weighted by molar-refractivity contribution is 6.12. The second kappa shape index (κ2) is 16.6. The number of hydrogen-bond donors (Lipinski definition) is 3. The molecule has 5 heterocycles. The Hall–Kier alpha value is -6.59. The number of cyclic esters (lactones) is 1. The average Bonchev–Trinajstić information content (AvgIpc) is 3.77. The van der Waals surface area contributed by atoms with Gasteiger partial charge in [0, 0.05) is 61.8 Å². The van der Waals surface area contributed by atoms with E-state index in [0.29, 0.717) is 60.3 Å². The van der Waals surface area contributed by atoms with Crippen LogP contribution < -0.4 is 15.0 Å². The molecule has 1 spiro atoms. The lowest BCUT2D eigenvalue weighted by Crippen LogP contribution is -2.58. The van der Waals surface area contributed by atoms with Gasteiger partial charge in [-0.15, -0.1) is 0 Å². The Balaban J connectivity index is 1.30. The van der Waals surface area contributed by atoms with Gasteiger partial charge in [-0.1, -0.05) is 90.7 Å². The van der Waals surface area contributed by atoms with Gasteiger partial charge in [0.25, 0.3) is 0 Å². The molecule has 6 atom stereocenters. The standard InChI is InChI=1S/C47H44N6O7/c54-27-10-9-12-31-19-20-36-35(30-31)47(45(58)50-36)38(43(56)51-23-25-52(26-24-51)46-48-21-11-22-49-46)40-44(57)60-41(33-15-5-2-6-16-33)39(32-13-3-1-4-14-32)53(40)42(47)34-17-7-8-18-37(34)59-29-28-55/h1-8,11,13-22,30,38-42,54-55H,10,23-29H2,(H,50,58)/t38-,39-,40-,41+,42+,47-/m1/s1. The van der Waals surface area contributed by atoms with Crippen LogP contribution >= 0.6 is 0 Å². The van der Waals surface area contributed by atoms with Gasteiger partial charge in [0.15, 0.2) is 0 Å². The fourth-order valence-corrected chi connectivity index (χ4v) is 9.61. The molecule has 1 aromatic heterocycles. The van der Waals surface area contributed by atoms with Crippen molar-refractivity contribution < 1.29 is 34.1 Å². The van der Waals surface area contributed by atoms with Gasteiger partial charge in [0.1, 0.15) is 29.9 Å². The van der Waals surface area contributed by atoms with Crippen molar-refractivity contribution in [3.63, 3.8) is 0 Å². The number of carbonyl (C=O) groups is 3. The van der Waals surface area contributed by atoms with Crippen LogP contribution in [0, 0.1) is 17.8 Å². The number of carbonyl (C=O) groups excluding carboxylic acids is 3. The van der Waals surface area contributed by atoms with E-state index in [2.05, 4.69) is 27.1 Å². The Morgan fingerprint density at radius 1 is 0.833 bits per heavy atom. The summed E-state index contributed by atoms with van der Waals surface area (Å²) in [7, 11) is 0. The molecule has 60 heavy (non-hydrogen) atoms. The zero-order valence-electron chi connectivity index (χ0n) is 32.8. The third-order valence-electron chi connectivity index (χ3n) is 12.0. The molecule has 0 unspecified atom stereocenters. The zero-order chi connectivity index (χ0) is 41.2. The Labute approximate surface area is 347 Å². The first-order valence-electron chi connectivity index (χ1n) is 20.2. The summed E-state index contributed by atoms with van der Waals surface area (Å²) in [5.41, 5.74) is 2.01. The number of rotatable bonds is 9. The zero-order valence-corrected chi connectivity index (χ0v) is 32.8. The molecule has 13 nitrogen and oxygen atoms in total. The number of fused-ring (bicyclic) bond motifs is 3. The molecule has 13 heteroatoms. The fraction of sp³-hybridized carbons (Fsp3) is 0.298. The molecule has 0 radical (unpaired) electrons. The Morgan fingerprint density at radius 2 is 1.53 bits per heavy atom. The Kier molecular flexibility index (Phi) is 10.7. The SMILES string of the molecule is O=C1O[C@@H](c2ccccc2)[C@@H](c2ccccc2)N2[C@@H](c3ccccc3OCCO)[C@]3(C(=O)Nc4ccc(C#CCCO)cc43)[C@@H](C(=O)N3CCN(c4ncccn4)CC3)[C@H]12. The predicted molar refractivity (Wildman–Crippen MR) is 221 cm³/mol. The van der Waals surface area contributed by atoms with E-state index in [1.54, 1.807) is 41.6 Å². The number of amides is 2. The number of anilines is 2. The van der Waals surface area contributed by atoms with E-state index >= 15 is 14.4 Å². The van der Waals surface area contributed by atoms with Crippen LogP contribution in [0.4, 0.5) is 11.6 Å². The summed E-state index contributed by atoms with van der Waals surface area (Å²) in [5.74, 6) is 4.37. The molecule has 4 aliphatic heterocycles. The minimum absolute atomic E-state index is 0.0257. The summed E-state index contributed by atoms with van der Waals surface area (Å²) in [4.78, 5) is 61.2. The number of nitrogens with zero attached hydrogens (tertiary/aromatic N) is 5. The number of aliphatic hydroxyl groups is 2. The van der Waals surface area contributed by atoms with Crippen LogP contribution in [0.1, 0.15) is 52.4 Å². The van der Waals surface area contributed by atoms with Crippen molar-refractivity contribution in [2.75, 3.05) is 56.2 Å². The number of nitrogens with one attached hydrogen (secondary N) is 1. The molecule has 0 bridgehead atoms. The van der Waals surface area contributed by atoms with E-state index < -0.39 is 47.4 Å². The molecule has 4 aromatic carbocycles. The first kappa shape index (κ1) is 38.9. The highest BCUT2D eigenvalue weighted by Gasteiger charge is 2.74. The van der Waals surface area contributed by atoms with Gasteiger partial charge in [0.2, 0.25) is 17.8 Å². The van der Waals surface area contributed by atoms with Crippen molar-refractivity contribution in [3.8, 4) is 17.6 Å². The first-order chi connectivity index (χ1) is 29.4. The van der Waals surface area contributed by atoms with Crippen molar-refractivity contribution in [3.05, 3.63) is 149 Å². The van der Waals surface area contributed by atoms with Crippen LogP contribution in [0.15, 0.2) is 122 Å². The molecule has 304 valence electrons. The second-order valence-corrected chi connectivity index (χ2v) is 15.2. The summed E-state index contributed by atoms with van der Waals surface area (Å²) in [6, 6.07) is 30.8. The molecule has 9 rings (SSSR count). The van der Waals surface area contributed by atoms with E-state index in [9.17, 15) is 10.2 Å². The summed E-state index contributed by atoms with van der Waals surface area (Å²) >= 11 is 0. The quantitative estimate of drug-likeness (QED) is 0.145. The van der Waals surface area contributed by atoms with Gasteiger partial charge in [0.05, 0.1) is 31.2 Å². The minimum atomic E-state index is -1.73. The molecule has 3 saturated heterocycles. The number of ether oxygens (including phenoxy) is 2. The summed E-state index contributed by atoms with van der Waals surface area (Å²) < 4.78 is 12.8. The van der Waals surface area contributed by atoms with Crippen LogP contribution in [0.5, 0.6) is 5.75 Å². The van der Waals surface area contributed by atoms with Crippen molar-refractivity contribution in [2.45, 2.75) is 36.1 Å². The molecule has 3 fully saturated rings. The molecular weight excluding hydrogens is 761 g/mol. The summed E-state index contributed by atoms with van der Waals surface area (Å²) in [5, 5.41) is 22.6. The summed E-state index contributed by atoms with van der Waals surface area (Å²) in [6.07, 6.45) is 2.78. The smallest absolute Gasteiger partial charge is 0.324 e. The number of hydrogen-bond acceptors (Lipinski definition) is 11. The number of benzene rings is 4. The maximum Gasteiger partial charge on any atom is 0.324 e. The van der Waals surface area contributed by atoms with E-state index in [0.717, 1.165) is 11.1 Å². The van der Waals surface area contributed by atoms with Crippen LogP contribution in [0.3, 0.4) is 0 Å². The number of para-hydroxylation sites is 1. The van der Waals surface area contributed by atoms with E-state index in [-0.39, 0.29) is 32.1 Å². The molecule has 0 saturated carbocycles. The maximum atomic E-state index is 15.8. The molecule has 4 aliphatic rings. The van der Waals surface area contributed by atoms with Gasteiger partial charge in [-0.05, 0) is 47.0 Å². The number of esters is 1. The first-order valence-corrected chi connectivity index (χ1v) is 20.2. The molecular formula is C47H44N6O7. The lowest BCUT2D eigenvalue weighted by Gasteiger charge is -2.46. The molecule has 2 amide bonds. The second-order valence-electron chi connectivity index (χ2n) is 15.2. The van der Waals surface area contributed by atoms with Crippen LogP contribution in [0.2, 0.25) is 0 Å². The maximum absolute atomic E-state index is 15.8. The van der Waals surface area contributed by atoms with Crippen molar-refractivity contribution in [1.29, 1.82) is 0 Å². The van der Waals surface area contributed by atoms with E-state index in [1.807, 2.05) is 94.7 Å². The van der Waals surface area contributed by atoms with Crippen LogP contribution in [0.25, 0.3) is 0 Å². The van der Waals surface area contributed by atoms with Crippen LogP contribution in [-0.4, -0.2) is 99.8 Å². The normalized spacial score (nSPS) is 24.5. The van der Waals surface area contributed by atoms with Gasteiger partial charge in [-0.25, -0.2) is 9.97 Å². The fourth-order valence-electron chi connectivity index (χ4n) is 9.61. The van der Waals surface area contributed by atoms with Crippen molar-refractivity contribution >= 4 is 29.4 Å². The lowest BCUT2D eigenvalue weighted by atomic mass is 9.64. The highest BCUT2D eigenvalue weighted by atomic mass is 16.6. The lowest BCUT2D eigenvalue weighted by molar-refractivity contribution is -0.179. The number of aromatic nitrogens is 2. The predicted octanol–water partition coefficient (Wildman–Crippen LogP) is 4.20. The van der Waals surface area contributed by atoms with Gasteiger partial charge >= 0.3 is 5.97 Å².